The summed E-state index contributed by atoms with van der Waals surface area (Å²) in [5.74, 6) is -0.527. The van der Waals surface area contributed by atoms with Gasteiger partial charge in [-0.15, -0.1) is 0 Å². The summed E-state index contributed by atoms with van der Waals surface area (Å²) in [6.45, 7) is 2.36. The van der Waals surface area contributed by atoms with Gasteiger partial charge in [0.2, 0.25) is 0 Å². The summed E-state index contributed by atoms with van der Waals surface area (Å²) in [5, 5.41) is 8.65. The Morgan fingerprint density at radius 1 is 1.79 bits per heavy atom. The van der Waals surface area contributed by atoms with Crippen LogP contribution in [-0.4, -0.2) is 22.7 Å². The number of nitrogens with zero attached hydrogens (tertiary/aromatic N) is 1. The Kier molecular flexibility index (Phi) is 3.41. The van der Waals surface area contributed by atoms with E-state index in [0.717, 1.165) is 0 Å². The number of rotatable bonds is 4. The molecule has 76 valence electrons. The molecule has 0 fully saturated rings. The van der Waals surface area contributed by atoms with Crippen LogP contribution in [-0.2, 0) is 4.79 Å². The fourth-order valence-electron chi connectivity index (χ4n) is 0.981. The van der Waals surface area contributed by atoms with Crippen LogP contribution in [0.2, 0.25) is 0 Å². The van der Waals surface area contributed by atoms with E-state index in [9.17, 15) is 4.79 Å². The molecule has 0 spiro atoms. The van der Waals surface area contributed by atoms with E-state index in [1.807, 2.05) is 6.92 Å². The molecule has 0 radical (unpaired) electrons. The van der Waals surface area contributed by atoms with Crippen LogP contribution in [0.15, 0.2) is 18.3 Å². The van der Waals surface area contributed by atoms with Gasteiger partial charge in [0.1, 0.15) is 11.8 Å². The molecule has 0 saturated carbocycles. The quantitative estimate of drug-likeness (QED) is 0.735. The molecule has 0 saturated heterocycles. The number of aromatic nitrogens is 1. The lowest BCUT2D eigenvalue weighted by molar-refractivity contribution is -0.138. The third-order valence-corrected chi connectivity index (χ3v) is 1.65. The summed E-state index contributed by atoms with van der Waals surface area (Å²) in [7, 11) is 0. The fraction of sp³-hybridized carbons (Fsp3) is 0.333. The average Bonchev–Trinajstić information content (AvgIpc) is 2.17. The van der Waals surface area contributed by atoms with Crippen molar-refractivity contribution in [3.63, 3.8) is 0 Å². The van der Waals surface area contributed by atoms with Gasteiger partial charge in [-0.2, -0.15) is 0 Å². The maximum Gasteiger partial charge on any atom is 0.326 e. The molecule has 1 atom stereocenters. The molecule has 14 heavy (non-hydrogen) atoms. The van der Waals surface area contributed by atoms with Crippen LogP contribution in [0, 0.1) is 0 Å². The number of aliphatic carboxylic acids is 1. The lowest BCUT2D eigenvalue weighted by Crippen LogP contribution is -2.21. The number of hydrogen-bond acceptors (Lipinski definition) is 4. The number of ether oxygens (including phenoxy) is 1. The van der Waals surface area contributed by atoms with Crippen molar-refractivity contribution < 1.29 is 14.6 Å². The molecule has 0 aliphatic rings. The molecule has 0 amide bonds. The minimum absolute atomic E-state index is 0.295. The zero-order valence-electron chi connectivity index (χ0n) is 7.80. The van der Waals surface area contributed by atoms with Crippen LogP contribution in [0.5, 0.6) is 5.75 Å². The van der Waals surface area contributed by atoms with Crippen LogP contribution in [0.4, 0.5) is 0 Å². The second-order valence-corrected chi connectivity index (χ2v) is 2.67. The second-order valence-electron chi connectivity index (χ2n) is 2.67. The van der Waals surface area contributed by atoms with Crippen molar-refractivity contribution in [2.45, 2.75) is 13.0 Å². The highest BCUT2D eigenvalue weighted by Gasteiger charge is 2.15. The van der Waals surface area contributed by atoms with E-state index < -0.39 is 12.0 Å². The monoisotopic (exact) mass is 196 g/mol. The van der Waals surface area contributed by atoms with E-state index >= 15 is 0 Å². The molecular weight excluding hydrogens is 184 g/mol. The third-order valence-electron chi connectivity index (χ3n) is 1.65. The minimum Gasteiger partial charge on any atom is -0.494 e. The van der Waals surface area contributed by atoms with Crippen LogP contribution < -0.4 is 10.5 Å². The van der Waals surface area contributed by atoms with Gasteiger partial charge in [-0.25, -0.2) is 0 Å². The Morgan fingerprint density at radius 3 is 3.07 bits per heavy atom. The third kappa shape index (κ3) is 2.43. The van der Waals surface area contributed by atoms with Gasteiger partial charge in [-0.1, -0.05) is 0 Å². The lowest BCUT2D eigenvalue weighted by atomic mass is 10.2. The fourth-order valence-corrected chi connectivity index (χ4v) is 0.981. The summed E-state index contributed by atoms with van der Waals surface area (Å²) in [5.41, 5.74) is 5.68. The number of nitrogens with two attached hydrogens (primary N) is 1. The maximum atomic E-state index is 10.6. The summed E-state index contributed by atoms with van der Waals surface area (Å²) >= 11 is 0. The van der Waals surface area contributed by atoms with Gasteiger partial charge < -0.3 is 15.6 Å². The van der Waals surface area contributed by atoms with E-state index in [-0.39, 0.29) is 0 Å². The molecule has 0 aromatic carbocycles. The van der Waals surface area contributed by atoms with Gasteiger partial charge in [0.25, 0.3) is 0 Å². The molecule has 0 aliphatic heterocycles. The Hall–Kier alpha value is -1.62. The zero-order chi connectivity index (χ0) is 10.6. The normalized spacial score (nSPS) is 12.1. The number of carboxylic acid groups (broad SMARTS) is 1. The van der Waals surface area contributed by atoms with Crippen molar-refractivity contribution in [3.05, 3.63) is 24.0 Å². The van der Waals surface area contributed by atoms with Crippen molar-refractivity contribution in [1.29, 1.82) is 0 Å². The highest BCUT2D eigenvalue weighted by Crippen LogP contribution is 2.15. The predicted molar refractivity (Wildman–Crippen MR) is 50.0 cm³/mol. The van der Waals surface area contributed by atoms with Crippen molar-refractivity contribution in [3.8, 4) is 5.75 Å². The first kappa shape index (κ1) is 10.5. The van der Waals surface area contributed by atoms with Gasteiger partial charge in [0, 0.05) is 12.3 Å². The average molecular weight is 196 g/mol. The van der Waals surface area contributed by atoms with Crippen molar-refractivity contribution in [2.75, 3.05) is 6.61 Å². The minimum atomic E-state index is -1.11. The van der Waals surface area contributed by atoms with E-state index in [4.69, 9.17) is 15.6 Å². The smallest absolute Gasteiger partial charge is 0.326 e. The molecular formula is C9H12N2O3. The summed E-state index contributed by atoms with van der Waals surface area (Å²) < 4.78 is 5.19. The first-order valence-corrected chi connectivity index (χ1v) is 4.22. The number of pyridine rings is 1. The standard InChI is InChI=1S/C9H12N2O3/c1-2-14-6-3-4-11-7(5-6)8(10)9(12)13/h3-5,8H,2,10H2,1H3,(H,12,13). The maximum absolute atomic E-state index is 10.6. The van der Waals surface area contributed by atoms with Crippen LogP contribution in [0.25, 0.3) is 0 Å². The first-order chi connectivity index (χ1) is 6.65. The Morgan fingerprint density at radius 2 is 2.50 bits per heavy atom. The Balaban J connectivity index is 2.87. The van der Waals surface area contributed by atoms with Gasteiger partial charge in [-0.05, 0) is 13.0 Å². The molecule has 1 unspecified atom stereocenters. The number of carbonyl (C=O) groups is 1. The largest absolute Gasteiger partial charge is 0.494 e. The van der Waals surface area contributed by atoms with Crippen LogP contribution in [0.3, 0.4) is 0 Å². The first-order valence-electron chi connectivity index (χ1n) is 4.22. The van der Waals surface area contributed by atoms with Gasteiger partial charge in [-0.3, -0.25) is 9.78 Å². The van der Waals surface area contributed by atoms with Gasteiger partial charge in [0.15, 0.2) is 0 Å². The second kappa shape index (κ2) is 4.57. The zero-order valence-corrected chi connectivity index (χ0v) is 7.80. The van der Waals surface area contributed by atoms with E-state index in [1.54, 1.807) is 6.07 Å². The van der Waals surface area contributed by atoms with Crippen molar-refractivity contribution >= 4 is 5.97 Å². The SMILES string of the molecule is CCOc1ccnc(C(N)C(=O)O)c1. The topological polar surface area (TPSA) is 85.4 Å². The highest BCUT2D eigenvalue weighted by atomic mass is 16.5. The number of carboxylic acids is 1. The van der Waals surface area contributed by atoms with Crippen LogP contribution >= 0.6 is 0 Å². The Bertz CT molecular complexity index is 328. The van der Waals surface area contributed by atoms with Gasteiger partial charge in [0.05, 0.1) is 12.3 Å². The summed E-state index contributed by atoms with van der Waals surface area (Å²) in [4.78, 5) is 14.4. The molecule has 5 nitrogen and oxygen atoms in total. The molecule has 0 aliphatic carbocycles. The van der Waals surface area contributed by atoms with Crippen molar-refractivity contribution in [2.24, 2.45) is 5.73 Å². The molecule has 1 heterocycles. The van der Waals surface area contributed by atoms with Crippen LogP contribution in [0.1, 0.15) is 18.7 Å². The molecule has 3 N–H and O–H groups in total. The summed E-state index contributed by atoms with van der Waals surface area (Å²) in [6, 6.07) is 2.08. The molecule has 1 aromatic rings. The van der Waals surface area contributed by atoms with E-state index in [0.29, 0.717) is 18.1 Å². The summed E-state index contributed by atoms with van der Waals surface area (Å²) in [6.07, 6.45) is 1.48. The van der Waals surface area contributed by atoms with Crippen molar-refractivity contribution in [1.82, 2.24) is 4.98 Å². The van der Waals surface area contributed by atoms with E-state index in [1.165, 1.54) is 12.3 Å². The van der Waals surface area contributed by atoms with E-state index in [2.05, 4.69) is 4.98 Å². The molecule has 1 aromatic heterocycles. The molecule has 0 bridgehead atoms. The predicted octanol–water partition coefficient (Wildman–Crippen LogP) is 0.565. The highest BCUT2D eigenvalue weighted by molar-refractivity contribution is 5.74. The number of hydrogen-bond donors (Lipinski definition) is 2. The van der Waals surface area contributed by atoms with Gasteiger partial charge >= 0.3 is 5.97 Å². The Labute approximate surface area is 81.5 Å². The lowest BCUT2D eigenvalue weighted by Gasteiger charge is -2.07. The molecule has 5 heteroatoms. The molecule has 1 rings (SSSR count).